The summed E-state index contributed by atoms with van der Waals surface area (Å²) in [4.78, 5) is 14.8. The van der Waals surface area contributed by atoms with Crippen LogP contribution in [0.4, 0.5) is 28.7 Å². The number of nitrogen functional groups attached to an aromatic ring is 1. The number of nitrogens with zero attached hydrogens (tertiary/aromatic N) is 4. The van der Waals surface area contributed by atoms with Gasteiger partial charge in [-0.15, -0.1) is 0 Å². The van der Waals surface area contributed by atoms with E-state index in [1.807, 2.05) is 24.3 Å². The van der Waals surface area contributed by atoms with Gasteiger partial charge in [-0.05, 0) is 43.7 Å². The standard InChI is InChI=1S/C18H20N6/c1-3-24(15-8-4-6-13(2)10-15)18-16(19)17(21-12-22-18)23-14-7-5-9-20-11-14/h4-12H,3,19H2,1-2H3,(H,21,22,23). The number of pyridine rings is 1. The van der Waals surface area contributed by atoms with Crippen LogP contribution < -0.4 is 16.0 Å². The predicted octanol–water partition coefficient (Wildman–Crippen LogP) is 3.66. The second-order valence-corrected chi connectivity index (χ2v) is 5.41. The highest BCUT2D eigenvalue weighted by molar-refractivity contribution is 5.81. The third-order valence-corrected chi connectivity index (χ3v) is 3.67. The van der Waals surface area contributed by atoms with Gasteiger partial charge in [-0.3, -0.25) is 4.98 Å². The molecular formula is C18H20N6. The summed E-state index contributed by atoms with van der Waals surface area (Å²) in [7, 11) is 0. The maximum atomic E-state index is 6.33. The van der Waals surface area contributed by atoms with E-state index < -0.39 is 0 Å². The average molecular weight is 320 g/mol. The summed E-state index contributed by atoms with van der Waals surface area (Å²) in [5, 5.41) is 3.19. The van der Waals surface area contributed by atoms with Crippen molar-refractivity contribution in [2.45, 2.75) is 13.8 Å². The Morgan fingerprint density at radius 1 is 1.17 bits per heavy atom. The molecule has 6 nitrogen and oxygen atoms in total. The van der Waals surface area contributed by atoms with Crippen LogP contribution in [0.1, 0.15) is 12.5 Å². The van der Waals surface area contributed by atoms with Crippen molar-refractivity contribution in [1.29, 1.82) is 0 Å². The normalized spacial score (nSPS) is 10.4. The summed E-state index contributed by atoms with van der Waals surface area (Å²) in [6.07, 6.45) is 4.96. The summed E-state index contributed by atoms with van der Waals surface area (Å²) in [6, 6.07) is 12.0. The molecule has 6 heteroatoms. The van der Waals surface area contributed by atoms with E-state index in [1.54, 1.807) is 12.4 Å². The van der Waals surface area contributed by atoms with Crippen LogP contribution >= 0.6 is 0 Å². The van der Waals surface area contributed by atoms with Crippen LogP contribution in [0.15, 0.2) is 55.1 Å². The fourth-order valence-electron chi connectivity index (χ4n) is 2.52. The van der Waals surface area contributed by atoms with Crippen LogP contribution in [0.2, 0.25) is 0 Å². The van der Waals surface area contributed by atoms with Crippen LogP contribution in [0.3, 0.4) is 0 Å². The topological polar surface area (TPSA) is 80.0 Å². The molecule has 0 radical (unpaired) electrons. The molecule has 3 aromatic rings. The fourth-order valence-corrected chi connectivity index (χ4v) is 2.52. The molecule has 3 N–H and O–H groups in total. The van der Waals surface area contributed by atoms with Gasteiger partial charge >= 0.3 is 0 Å². The van der Waals surface area contributed by atoms with Gasteiger partial charge in [0, 0.05) is 18.4 Å². The van der Waals surface area contributed by atoms with Gasteiger partial charge in [-0.1, -0.05) is 12.1 Å². The third-order valence-electron chi connectivity index (χ3n) is 3.67. The zero-order valence-corrected chi connectivity index (χ0v) is 13.8. The van der Waals surface area contributed by atoms with Crippen molar-refractivity contribution in [2.24, 2.45) is 0 Å². The largest absolute Gasteiger partial charge is 0.393 e. The van der Waals surface area contributed by atoms with E-state index in [9.17, 15) is 0 Å². The lowest BCUT2D eigenvalue weighted by atomic mass is 10.2. The van der Waals surface area contributed by atoms with E-state index in [-0.39, 0.29) is 0 Å². The van der Waals surface area contributed by atoms with Gasteiger partial charge in [0.2, 0.25) is 0 Å². The Labute approximate surface area is 141 Å². The lowest BCUT2D eigenvalue weighted by molar-refractivity contribution is 0.979. The molecule has 122 valence electrons. The molecule has 2 heterocycles. The second kappa shape index (κ2) is 6.95. The molecule has 0 atom stereocenters. The summed E-state index contributed by atoms with van der Waals surface area (Å²) < 4.78 is 0. The van der Waals surface area contributed by atoms with Crippen molar-refractivity contribution in [3.8, 4) is 0 Å². The zero-order valence-electron chi connectivity index (χ0n) is 13.8. The molecule has 24 heavy (non-hydrogen) atoms. The quantitative estimate of drug-likeness (QED) is 0.747. The van der Waals surface area contributed by atoms with Crippen molar-refractivity contribution in [3.63, 3.8) is 0 Å². The van der Waals surface area contributed by atoms with E-state index >= 15 is 0 Å². The van der Waals surface area contributed by atoms with Crippen LogP contribution in [0, 0.1) is 6.92 Å². The van der Waals surface area contributed by atoms with Crippen molar-refractivity contribution >= 4 is 28.7 Å². The molecule has 0 bridgehead atoms. The highest BCUT2D eigenvalue weighted by atomic mass is 15.2. The number of aryl methyl sites for hydroxylation is 1. The lowest BCUT2D eigenvalue weighted by Crippen LogP contribution is -2.20. The molecule has 3 rings (SSSR count). The van der Waals surface area contributed by atoms with E-state index in [1.165, 1.54) is 11.9 Å². The minimum absolute atomic E-state index is 0.504. The molecule has 0 amide bonds. The first kappa shape index (κ1) is 15.7. The zero-order chi connectivity index (χ0) is 16.9. The fraction of sp³-hybridized carbons (Fsp3) is 0.167. The number of anilines is 5. The molecule has 1 aromatic carbocycles. The van der Waals surface area contributed by atoms with E-state index in [0.29, 0.717) is 17.3 Å². The van der Waals surface area contributed by atoms with Gasteiger partial charge in [0.1, 0.15) is 12.0 Å². The Morgan fingerprint density at radius 3 is 2.75 bits per heavy atom. The Morgan fingerprint density at radius 2 is 2.04 bits per heavy atom. The number of nitrogens with one attached hydrogen (secondary N) is 1. The Kier molecular flexibility index (Phi) is 4.56. The SMILES string of the molecule is CCN(c1cccc(C)c1)c1ncnc(Nc2cccnc2)c1N. The summed E-state index contributed by atoms with van der Waals surface area (Å²) in [5.41, 5.74) is 9.90. The van der Waals surface area contributed by atoms with Crippen LogP contribution in [-0.2, 0) is 0 Å². The van der Waals surface area contributed by atoms with Gasteiger partial charge in [-0.2, -0.15) is 0 Å². The van der Waals surface area contributed by atoms with E-state index in [2.05, 4.69) is 51.1 Å². The minimum atomic E-state index is 0.504. The molecule has 0 aliphatic heterocycles. The number of benzene rings is 1. The molecule has 0 unspecified atom stereocenters. The number of hydrogen-bond acceptors (Lipinski definition) is 6. The van der Waals surface area contributed by atoms with E-state index in [0.717, 1.165) is 17.9 Å². The number of aromatic nitrogens is 3. The third kappa shape index (κ3) is 3.27. The highest BCUT2D eigenvalue weighted by Crippen LogP contribution is 2.32. The maximum absolute atomic E-state index is 6.33. The van der Waals surface area contributed by atoms with Crippen molar-refractivity contribution in [1.82, 2.24) is 15.0 Å². The van der Waals surface area contributed by atoms with Crippen LogP contribution in [0.25, 0.3) is 0 Å². The first-order valence-electron chi connectivity index (χ1n) is 7.80. The first-order valence-corrected chi connectivity index (χ1v) is 7.80. The van der Waals surface area contributed by atoms with Gasteiger partial charge in [0.25, 0.3) is 0 Å². The van der Waals surface area contributed by atoms with Gasteiger partial charge < -0.3 is 16.0 Å². The number of rotatable bonds is 5. The number of hydrogen-bond donors (Lipinski definition) is 2. The van der Waals surface area contributed by atoms with Gasteiger partial charge in [-0.25, -0.2) is 9.97 Å². The monoisotopic (exact) mass is 320 g/mol. The predicted molar refractivity (Wildman–Crippen MR) is 97.8 cm³/mol. The average Bonchev–Trinajstić information content (AvgIpc) is 2.60. The molecule has 0 spiro atoms. The summed E-state index contributed by atoms with van der Waals surface area (Å²) in [6.45, 7) is 4.88. The Hall–Kier alpha value is -3.15. The summed E-state index contributed by atoms with van der Waals surface area (Å²) in [5.74, 6) is 1.25. The van der Waals surface area contributed by atoms with Crippen LogP contribution in [-0.4, -0.2) is 21.5 Å². The molecule has 0 saturated heterocycles. The molecule has 0 aliphatic rings. The smallest absolute Gasteiger partial charge is 0.161 e. The number of nitrogens with two attached hydrogens (primary N) is 1. The minimum Gasteiger partial charge on any atom is -0.393 e. The second-order valence-electron chi connectivity index (χ2n) is 5.41. The first-order chi connectivity index (χ1) is 11.7. The maximum Gasteiger partial charge on any atom is 0.161 e. The molecule has 2 aromatic heterocycles. The van der Waals surface area contributed by atoms with Crippen molar-refractivity contribution in [2.75, 3.05) is 22.5 Å². The van der Waals surface area contributed by atoms with Crippen LogP contribution in [0.5, 0.6) is 0 Å². The summed E-state index contributed by atoms with van der Waals surface area (Å²) >= 11 is 0. The lowest BCUT2D eigenvalue weighted by Gasteiger charge is -2.24. The molecule has 0 saturated carbocycles. The highest BCUT2D eigenvalue weighted by Gasteiger charge is 2.16. The molecular weight excluding hydrogens is 300 g/mol. The van der Waals surface area contributed by atoms with Gasteiger partial charge in [0.05, 0.1) is 11.9 Å². The van der Waals surface area contributed by atoms with Gasteiger partial charge in [0.15, 0.2) is 11.6 Å². The molecule has 0 fully saturated rings. The van der Waals surface area contributed by atoms with Crippen molar-refractivity contribution < 1.29 is 0 Å². The Balaban J connectivity index is 1.97. The Bertz CT molecular complexity index is 819. The molecule has 0 aliphatic carbocycles. The van der Waals surface area contributed by atoms with Crippen molar-refractivity contribution in [3.05, 3.63) is 60.7 Å². The van der Waals surface area contributed by atoms with E-state index in [4.69, 9.17) is 5.73 Å².